The summed E-state index contributed by atoms with van der Waals surface area (Å²) in [5, 5.41) is 8.04. The minimum absolute atomic E-state index is 0.0717. The van der Waals surface area contributed by atoms with E-state index in [9.17, 15) is 9.59 Å². The molecule has 5 heteroatoms. The van der Waals surface area contributed by atoms with Crippen LogP contribution in [0.1, 0.15) is 12.6 Å². The number of aromatic amines is 2. The molecule has 1 rings (SSSR count). The van der Waals surface area contributed by atoms with Gasteiger partial charge in [-0.2, -0.15) is 5.10 Å². The summed E-state index contributed by atoms with van der Waals surface area (Å²) in [5.41, 5.74) is -0.0808. The number of hydrogen-bond donors (Lipinski definition) is 2. The van der Waals surface area contributed by atoms with E-state index >= 15 is 0 Å². The molecular formula is C5H7N3O2. The summed E-state index contributed by atoms with van der Waals surface area (Å²) >= 11 is 0. The maximum absolute atomic E-state index is 10.7. The molecule has 1 heterocycles. The summed E-state index contributed by atoms with van der Waals surface area (Å²) in [7, 11) is 0. The van der Waals surface area contributed by atoms with Gasteiger partial charge in [-0.05, 0) is 6.92 Å². The van der Waals surface area contributed by atoms with Gasteiger partial charge in [0.05, 0.1) is 6.42 Å². The van der Waals surface area contributed by atoms with Crippen molar-refractivity contribution >= 4 is 5.78 Å². The van der Waals surface area contributed by atoms with Crippen molar-refractivity contribution in [2.75, 3.05) is 0 Å². The molecule has 0 amide bonds. The van der Waals surface area contributed by atoms with Crippen molar-refractivity contribution in [3.8, 4) is 0 Å². The molecule has 2 N–H and O–H groups in total. The Morgan fingerprint density at radius 3 is 2.80 bits per heavy atom. The monoisotopic (exact) mass is 141 g/mol. The minimum Gasteiger partial charge on any atom is -0.300 e. The molecule has 0 unspecified atom stereocenters. The molecule has 0 aliphatic rings. The molecule has 0 atom stereocenters. The van der Waals surface area contributed by atoms with Crippen molar-refractivity contribution in [3.05, 3.63) is 16.0 Å². The SMILES string of the molecule is CC(=O)Cc1n[nH][nH]c1=O. The summed E-state index contributed by atoms with van der Waals surface area (Å²) in [6.07, 6.45) is 0.0961. The van der Waals surface area contributed by atoms with Gasteiger partial charge < -0.3 is 0 Å². The predicted molar refractivity (Wildman–Crippen MR) is 33.6 cm³/mol. The highest BCUT2D eigenvalue weighted by molar-refractivity contribution is 5.77. The van der Waals surface area contributed by atoms with Crippen LogP contribution in [0.15, 0.2) is 4.79 Å². The Morgan fingerprint density at radius 1 is 1.70 bits per heavy atom. The van der Waals surface area contributed by atoms with Gasteiger partial charge in [-0.1, -0.05) is 0 Å². The number of nitrogens with one attached hydrogen (secondary N) is 2. The molecule has 1 aromatic heterocycles. The lowest BCUT2D eigenvalue weighted by Gasteiger charge is -1.82. The second kappa shape index (κ2) is 2.47. The highest BCUT2D eigenvalue weighted by atomic mass is 16.1. The first kappa shape index (κ1) is 6.73. The Kier molecular flexibility index (Phi) is 1.66. The van der Waals surface area contributed by atoms with E-state index in [-0.39, 0.29) is 23.5 Å². The molecule has 0 radical (unpaired) electrons. The highest BCUT2D eigenvalue weighted by Gasteiger charge is 2.03. The summed E-state index contributed by atoms with van der Waals surface area (Å²) in [4.78, 5) is 21.1. The highest BCUT2D eigenvalue weighted by Crippen LogP contribution is 1.83. The van der Waals surface area contributed by atoms with Crippen LogP contribution in [0.4, 0.5) is 0 Å². The summed E-state index contributed by atoms with van der Waals surface area (Å²) < 4.78 is 0. The molecule has 10 heavy (non-hydrogen) atoms. The normalized spacial score (nSPS) is 9.70. The minimum atomic E-state index is -0.324. The summed E-state index contributed by atoms with van der Waals surface area (Å²) in [6, 6.07) is 0. The standard InChI is InChI=1S/C5H7N3O2/c1-3(9)2-4-5(10)7-8-6-4/h2H2,1H3,(H2,6,7,8,10). The lowest BCUT2D eigenvalue weighted by atomic mass is 10.2. The fraction of sp³-hybridized carbons (Fsp3) is 0.400. The smallest absolute Gasteiger partial charge is 0.287 e. The van der Waals surface area contributed by atoms with Gasteiger partial charge in [-0.25, -0.2) is 10.3 Å². The van der Waals surface area contributed by atoms with Crippen LogP contribution in [0.5, 0.6) is 0 Å². The Labute approximate surface area is 56.4 Å². The molecule has 0 aliphatic heterocycles. The molecule has 0 saturated carbocycles. The van der Waals surface area contributed by atoms with Gasteiger partial charge in [-0.15, -0.1) is 0 Å². The van der Waals surface area contributed by atoms with Crippen molar-refractivity contribution in [1.82, 2.24) is 15.4 Å². The third-order valence-corrected chi connectivity index (χ3v) is 1.04. The van der Waals surface area contributed by atoms with E-state index in [2.05, 4.69) is 15.4 Å². The molecular weight excluding hydrogens is 134 g/mol. The molecule has 0 fully saturated rings. The number of ketones is 1. The third kappa shape index (κ3) is 1.31. The van der Waals surface area contributed by atoms with Crippen molar-refractivity contribution in [3.63, 3.8) is 0 Å². The van der Waals surface area contributed by atoms with Gasteiger partial charge in [0.15, 0.2) is 0 Å². The van der Waals surface area contributed by atoms with Crippen LogP contribution >= 0.6 is 0 Å². The fourth-order valence-corrected chi connectivity index (χ4v) is 0.625. The number of hydrogen-bond acceptors (Lipinski definition) is 3. The average Bonchev–Trinajstić information content (AvgIpc) is 2.15. The number of H-pyrrole nitrogens is 2. The average molecular weight is 141 g/mol. The van der Waals surface area contributed by atoms with E-state index in [0.717, 1.165) is 0 Å². The molecule has 5 nitrogen and oxygen atoms in total. The number of rotatable bonds is 2. The molecule has 0 aliphatic carbocycles. The van der Waals surface area contributed by atoms with Crippen LogP contribution in [0.3, 0.4) is 0 Å². The van der Waals surface area contributed by atoms with Crippen LogP contribution in [0, 0.1) is 0 Å². The number of Topliss-reactive ketones (excluding diaryl/α,β-unsaturated/α-hetero) is 1. The second-order valence-electron chi connectivity index (χ2n) is 2.00. The van der Waals surface area contributed by atoms with E-state index in [1.165, 1.54) is 6.92 Å². The molecule has 0 saturated heterocycles. The second-order valence-corrected chi connectivity index (χ2v) is 2.00. The topological polar surface area (TPSA) is 78.6 Å². The maximum Gasteiger partial charge on any atom is 0.287 e. The van der Waals surface area contributed by atoms with E-state index in [4.69, 9.17) is 0 Å². The van der Waals surface area contributed by atoms with Crippen LogP contribution in [-0.4, -0.2) is 21.2 Å². The van der Waals surface area contributed by atoms with Crippen LogP contribution in [0.2, 0.25) is 0 Å². The molecule has 1 aromatic rings. The van der Waals surface area contributed by atoms with Gasteiger partial charge in [0, 0.05) is 0 Å². The van der Waals surface area contributed by atoms with Crippen LogP contribution in [0.25, 0.3) is 0 Å². The first-order chi connectivity index (χ1) is 4.70. The van der Waals surface area contributed by atoms with Crippen LogP contribution in [-0.2, 0) is 11.2 Å². The summed E-state index contributed by atoms with van der Waals surface area (Å²) in [5.74, 6) is -0.0717. The quantitative estimate of drug-likeness (QED) is 0.567. The van der Waals surface area contributed by atoms with E-state index in [1.807, 2.05) is 0 Å². The van der Waals surface area contributed by atoms with Gasteiger partial charge in [0.25, 0.3) is 5.56 Å². The number of carbonyl (C=O) groups excluding carboxylic acids is 1. The number of nitrogens with zero attached hydrogens (tertiary/aromatic N) is 1. The molecule has 0 aromatic carbocycles. The first-order valence-electron chi connectivity index (χ1n) is 2.81. The van der Waals surface area contributed by atoms with Crippen molar-refractivity contribution in [1.29, 1.82) is 0 Å². The molecule has 54 valence electrons. The number of carbonyl (C=O) groups is 1. The zero-order valence-electron chi connectivity index (χ0n) is 5.47. The largest absolute Gasteiger partial charge is 0.300 e. The van der Waals surface area contributed by atoms with Crippen molar-refractivity contribution in [2.24, 2.45) is 0 Å². The van der Waals surface area contributed by atoms with Gasteiger partial charge >= 0.3 is 0 Å². The fourth-order valence-electron chi connectivity index (χ4n) is 0.625. The van der Waals surface area contributed by atoms with Crippen LogP contribution < -0.4 is 5.56 Å². The Hall–Kier alpha value is -1.39. The molecule has 0 bridgehead atoms. The van der Waals surface area contributed by atoms with Crippen molar-refractivity contribution in [2.45, 2.75) is 13.3 Å². The van der Waals surface area contributed by atoms with E-state index in [1.54, 1.807) is 0 Å². The van der Waals surface area contributed by atoms with Gasteiger partial charge in [0.1, 0.15) is 11.5 Å². The van der Waals surface area contributed by atoms with E-state index < -0.39 is 0 Å². The summed E-state index contributed by atoms with van der Waals surface area (Å²) in [6.45, 7) is 1.41. The molecule has 0 spiro atoms. The lowest BCUT2D eigenvalue weighted by molar-refractivity contribution is -0.116. The zero-order chi connectivity index (χ0) is 7.56. The Morgan fingerprint density at radius 2 is 2.40 bits per heavy atom. The third-order valence-electron chi connectivity index (χ3n) is 1.04. The Balaban J connectivity index is 2.85. The maximum atomic E-state index is 10.7. The number of aromatic nitrogens is 3. The lowest BCUT2D eigenvalue weighted by Crippen LogP contribution is -2.10. The first-order valence-corrected chi connectivity index (χ1v) is 2.81. The van der Waals surface area contributed by atoms with Gasteiger partial charge in [0.2, 0.25) is 0 Å². The van der Waals surface area contributed by atoms with Gasteiger partial charge in [-0.3, -0.25) is 9.59 Å². The Bertz CT molecular complexity index is 285. The van der Waals surface area contributed by atoms with Crippen molar-refractivity contribution < 1.29 is 4.79 Å². The predicted octanol–water partition coefficient (Wildman–Crippen LogP) is -0.771. The zero-order valence-corrected chi connectivity index (χ0v) is 5.47. The van der Waals surface area contributed by atoms with E-state index in [0.29, 0.717) is 0 Å².